The van der Waals surface area contributed by atoms with Crippen molar-refractivity contribution >= 4 is 33.5 Å². The molecular weight excluding hydrogens is 433 g/mol. The van der Waals surface area contributed by atoms with Gasteiger partial charge < -0.3 is 9.47 Å². The number of hydrogen-bond donors (Lipinski definition) is 0. The average molecular weight is 460 g/mol. The van der Waals surface area contributed by atoms with Crippen LogP contribution in [0.2, 0.25) is 0 Å². The first-order valence-electron chi connectivity index (χ1n) is 11.2. The van der Waals surface area contributed by atoms with Crippen molar-refractivity contribution < 1.29 is 9.18 Å². The molecule has 2 aromatic heterocycles. The molecule has 6 heteroatoms. The molecule has 3 heterocycles. The second-order valence-corrected chi connectivity index (χ2v) is 9.19. The number of aromatic nitrogens is 1. The van der Waals surface area contributed by atoms with Gasteiger partial charge in [0.1, 0.15) is 16.3 Å². The van der Waals surface area contributed by atoms with Gasteiger partial charge in [0.2, 0.25) is 0 Å². The molecule has 168 valence electrons. The highest BCUT2D eigenvalue weighted by Crippen LogP contribution is 2.28. The van der Waals surface area contributed by atoms with Crippen LogP contribution in [0.5, 0.6) is 0 Å². The van der Waals surface area contributed by atoms with Crippen LogP contribution in [-0.2, 0) is 6.54 Å². The van der Waals surface area contributed by atoms with E-state index in [2.05, 4.69) is 29.2 Å². The number of carbonyl (C=O) groups excluding carboxylic acids is 1. The summed E-state index contributed by atoms with van der Waals surface area (Å²) in [6, 6.07) is 21.0. The molecule has 4 aromatic rings. The molecule has 1 fully saturated rings. The maximum atomic E-state index is 14.3. The van der Waals surface area contributed by atoms with Crippen LogP contribution < -0.4 is 0 Å². The van der Waals surface area contributed by atoms with Gasteiger partial charge in [0.05, 0.1) is 6.54 Å². The summed E-state index contributed by atoms with van der Waals surface area (Å²) < 4.78 is 16.3. The van der Waals surface area contributed by atoms with Crippen molar-refractivity contribution in [2.45, 2.75) is 6.54 Å². The Balaban J connectivity index is 1.27. The van der Waals surface area contributed by atoms with Crippen LogP contribution in [0.25, 0.3) is 16.3 Å². The van der Waals surface area contributed by atoms with Crippen molar-refractivity contribution in [2.24, 2.45) is 0 Å². The van der Waals surface area contributed by atoms with E-state index in [1.165, 1.54) is 11.6 Å². The highest BCUT2D eigenvalue weighted by molar-refractivity contribution is 7.16. The van der Waals surface area contributed by atoms with Gasteiger partial charge in [-0.2, -0.15) is 0 Å². The standard InChI is InChI=1S/C27H26FN3OS/c28-24-11-5-4-10-23(24)20-31-25(19-22-12-18-33-27(22)31)26(32)30-16-14-29(15-17-30)13-6-9-21-7-2-1-3-8-21/h1-12,18-19H,13-17,20H2/b9-6+. The fraction of sp³-hybridized carbons (Fsp3) is 0.222. The Morgan fingerprint density at radius 1 is 0.970 bits per heavy atom. The quantitative estimate of drug-likeness (QED) is 0.388. The van der Waals surface area contributed by atoms with E-state index < -0.39 is 0 Å². The van der Waals surface area contributed by atoms with E-state index in [1.54, 1.807) is 23.5 Å². The molecule has 0 radical (unpaired) electrons. The van der Waals surface area contributed by atoms with Gasteiger partial charge in [-0.25, -0.2) is 4.39 Å². The Kier molecular flexibility index (Phi) is 6.37. The molecule has 5 rings (SSSR count). The van der Waals surface area contributed by atoms with Crippen molar-refractivity contribution in [3.8, 4) is 0 Å². The molecule has 1 saturated heterocycles. The fourth-order valence-electron chi connectivity index (χ4n) is 4.30. The van der Waals surface area contributed by atoms with Gasteiger partial charge in [0.25, 0.3) is 5.91 Å². The van der Waals surface area contributed by atoms with Crippen molar-refractivity contribution in [3.05, 3.63) is 101 Å². The third kappa shape index (κ3) is 4.77. The summed E-state index contributed by atoms with van der Waals surface area (Å²) in [7, 11) is 0. The topological polar surface area (TPSA) is 28.5 Å². The zero-order chi connectivity index (χ0) is 22.6. The molecule has 1 amide bonds. The summed E-state index contributed by atoms with van der Waals surface area (Å²) in [5.41, 5.74) is 2.42. The summed E-state index contributed by atoms with van der Waals surface area (Å²) in [5.74, 6) is -0.222. The lowest BCUT2D eigenvalue weighted by molar-refractivity contribution is 0.0640. The summed E-state index contributed by atoms with van der Waals surface area (Å²) >= 11 is 1.59. The van der Waals surface area contributed by atoms with Crippen molar-refractivity contribution in [2.75, 3.05) is 32.7 Å². The molecule has 2 aromatic carbocycles. The van der Waals surface area contributed by atoms with E-state index in [4.69, 9.17) is 0 Å². The smallest absolute Gasteiger partial charge is 0.270 e. The van der Waals surface area contributed by atoms with E-state index in [0.717, 1.165) is 29.9 Å². The normalized spacial score (nSPS) is 15.0. The average Bonchev–Trinajstić information content (AvgIpc) is 3.44. The van der Waals surface area contributed by atoms with Crippen LogP contribution in [0, 0.1) is 5.82 Å². The third-order valence-electron chi connectivity index (χ3n) is 6.14. The van der Waals surface area contributed by atoms with E-state index in [9.17, 15) is 9.18 Å². The molecule has 0 aliphatic carbocycles. The first kappa shape index (κ1) is 21.6. The molecule has 1 aliphatic heterocycles. The molecular formula is C27H26FN3OS. The fourth-order valence-corrected chi connectivity index (χ4v) is 5.20. The first-order chi connectivity index (χ1) is 16.2. The molecule has 0 atom stereocenters. The van der Waals surface area contributed by atoms with Gasteiger partial charge in [-0.15, -0.1) is 11.3 Å². The number of amides is 1. The van der Waals surface area contributed by atoms with Crippen molar-refractivity contribution in [1.82, 2.24) is 14.4 Å². The van der Waals surface area contributed by atoms with Crippen molar-refractivity contribution in [1.29, 1.82) is 0 Å². The molecule has 0 spiro atoms. The predicted octanol–water partition coefficient (Wildman–Crippen LogP) is 5.36. The largest absolute Gasteiger partial charge is 0.335 e. The number of fused-ring (bicyclic) bond motifs is 1. The van der Waals surface area contributed by atoms with Crippen LogP contribution in [-0.4, -0.2) is 53.0 Å². The zero-order valence-corrected chi connectivity index (χ0v) is 19.2. The molecule has 33 heavy (non-hydrogen) atoms. The predicted molar refractivity (Wildman–Crippen MR) is 133 cm³/mol. The number of nitrogens with zero attached hydrogens (tertiary/aromatic N) is 3. The molecule has 1 aliphatic rings. The number of halogens is 1. The monoisotopic (exact) mass is 459 g/mol. The highest BCUT2D eigenvalue weighted by Gasteiger charge is 2.25. The lowest BCUT2D eigenvalue weighted by atomic mass is 10.2. The van der Waals surface area contributed by atoms with Crippen LogP contribution in [0.3, 0.4) is 0 Å². The molecule has 4 nitrogen and oxygen atoms in total. The summed E-state index contributed by atoms with van der Waals surface area (Å²) in [6.45, 7) is 4.28. The maximum Gasteiger partial charge on any atom is 0.270 e. The number of rotatable bonds is 6. The van der Waals surface area contributed by atoms with Crippen LogP contribution in [0.15, 0.2) is 78.2 Å². The third-order valence-corrected chi connectivity index (χ3v) is 7.09. The first-order valence-corrected chi connectivity index (χ1v) is 12.1. The van der Waals surface area contributed by atoms with E-state index in [1.807, 2.05) is 51.2 Å². The lowest BCUT2D eigenvalue weighted by Gasteiger charge is -2.34. The minimum Gasteiger partial charge on any atom is -0.335 e. The Bertz CT molecular complexity index is 1270. The lowest BCUT2D eigenvalue weighted by Crippen LogP contribution is -2.49. The summed E-state index contributed by atoms with van der Waals surface area (Å²) in [5, 5.41) is 3.04. The van der Waals surface area contributed by atoms with Crippen LogP contribution in [0.4, 0.5) is 4.39 Å². The van der Waals surface area contributed by atoms with Crippen molar-refractivity contribution in [3.63, 3.8) is 0 Å². The minimum absolute atomic E-state index is 0.0224. The van der Waals surface area contributed by atoms with Gasteiger partial charge in [-0.1, -0.05) is 60.7 Å². The number of hydrogen-bond acceptors (Lipinski definition) is 3. The zero-order valence-electron chi connectivity index (χ0n) is 18.4. The molecule has 0 N–H and O–H groups in total. The van der Waals surface area contributed by atoms with E-state index in [-0.39, 0.29) is 11.7 Å². The maximum absolute atomic E-state index is 14.3. The van der Waals surface area contributed by atoms with Crippen LogP contribution in [0.1, 0.15) is 21.6 Å². The highest BCUT2D eigenvalue weighted by atomic mass is 32.1. The van der Waals surface area contributed by atoms with Gasteiger partial charge in [0, 0.05) is 43.7 Å². The Morgan fingerprint density at radius 3 is 2.52 bits per heavy atom. The summed E-state index contributed by atoms with van der Waals surface area (Å²) in [4.78, 5) is 18.7. The summed E-state index contributed by atoms with van der Waals surface area (Å²) in [6.07, 6.45) is 4.32. The van der Waals surface area contributed by atoms with E-state index >= 15 is 0 Å². The van der Waals surface area contributed by atoms with E-state index in [0.29, 0.717) is 30.9 Å². The molecule has 0 unspecified atom stereocenters. The second-order valence-electron chi connectivity index (χ2n) is 8.29. The second kappa shape index (κ2) is 9.73. The number of piperazine rings is 1. The SMILES string of the molecule is O=C(c1cc2ccsc2n1Cc1ccccc1F)N1CCN(C/C=C/c2ccccc2)CC1. The number of benzene rings is 2. The van der Waals surface area contributed by atoms with Crippen LogP contribution >= 0.6 is 11.3 Å². The molecule has 0 bridgehead atoms. The number of thiophene rings is 1. The molecule has 0 saturated carbocycles. The van der Waals surface area contributed by atoms with Gasteiger partial charge in [-0.05, 0) is 29.1 Å². The van der Waals surface area contributed by atoms with Gasteiger partial charge in [-0.3, -0.25) is 9.69 Å². The van der Waals surface area contributed by atoms with Gasteiger partial charge in [0.15, 0.2) is 0 Å². The Hall–Kier alpha value is -3.22. The van der Waals surface area contributed by atoms with Gasteiger partial charge >= 0.3 is 0 Å². The Morgan fingerprint density at radius 2 is 1.73 bits per heavy atom. The number of carbonyl (C=O) groups is 1. The Labute approximate surface area is 197 Å². The minimum atomic E-state index is -0.244.